The van der Waals surface area contributed by atoms with Crippen LogP contribution in [0.5, 0.6) is 0 Å². The standard InChI is InChI=1S/C26H22F3N3O3/c1-2-21-32-23(26(27,28)29)22(35-21)25(34)31-20-14-12-17(13-15-20)16-8-10-18(11-9-16)24(33)30-19-6-4-3-5-7-19/h3-15,21-22H,2H2,1H3,(H,30,33)(H,31,34). The molecule has 0 aliphatic carbocycles. The molecule has 0 spiro atoms. The van der Waals surface area contributed by atoms with Gasteiger partial charge in [0.15, 0.2) is 11.8 Å². The number of hydrogen-bond donors (Lipinski definition) is 2. The van der Waals surface area contributed by atoms with E-state index in [1.54, 1.807) is 67.6 Å². The van der Waals surface area contributed by atoms with Gasteiger partial charge in [0.25, 0.3) is 11.8 Å². The molecule has 0 saturated heterocycles. The van der Waals surface area contributed by atoms with Crippen LogP contribution in [0, 0.1) is 0 Å². The van der Waals surface area contributed by atoms with Gasteiger partial charge in [-0.3, -0.25) is 14.6 Å². The second-order valence-electron chi connectivity index (χ2n) is 7.86. The predicted octanol–water partition coefficient (Wildman–Crippen LogP) is 5.68. The third-order valence-electron chi connectivity index (χ3n) is 5.37. The molecule has 2 N–H and O–H groups in total. The molecule has 1 aliphatic heterocycles. The molecule has 0 fully saturated rings. The van der Waals surface area contributed by atoms with E-state index in [1.165, 1.54) is 0 Å². The van der Waals surface area contributed by atoms with Crippen LogP contribution in [0.1, 0.15) is 23.7 Å². The SMILES string of the molecule is CCC1N=C(C(F)(F)F)C(C(=O)Nc2ccc(-c3ccc(C(=O)Nc4ccccc4)cc3)cc2)O1. The van der Waals surface area contributed by atoms with Crippen molar-refractivity contribution in [3.63, 3.8) is 0 Å². The summed E-state index contributed by atoms with van der Waals surface area (Å²) in [6.07, 6.45) is -7.33. The molecule has 0 aromatic heterocycles. The number of rotatable bonds is 6. The molecule has 1 aliphatic rings. The van der Waals surface area contributed by atoms with Gasteiger partial charge in [0.05, 0.1) is 0 Å². The monoisotopic (exact) mass is 481 g/mol. The zero-order chi connectivity index (χ0) is 25.0. The molecule has 35 heavy (non-hydrogen) atoms. The first-order valence-corrected chi connectivity index (χ1v) is 10.9. The Kier molecular flexibility index (Phi) is 6.97. The number of anilines is 2. The van der Waals surface area contributed by atoms with Crippen LogP contribution in [0.3, 0.4) is 0 Å². The molecule has 0 radical (unpaired) electrons. The van der Waals surface area contributed by atoms with Gasteiger partial charge < -0.3 is 15.4 Å². The first-order chi connectivity index (χ1) is 16.7. The summed E-state index contributed by atoms with van der Waals surface area (Å²) in [5.74, 6) is -1.17. The molecule has 2 atom stereocenters. The topological polar surface area (TPSA) is 79.8 Å². The fourth-order valence-electron chi connectivity index (χ4n) is 3.56. The predicted molar refractivity (Wildman–Crippen MR) is 127 cm³/mol. The molecule has 2 unspecified atom stereocenters. The lowest BCUT2D eigenvalue weighted by molar-refractivity contribution is -0.127. The number of carbonyl (C=O) groups is 2. The molecule has 4 rings (SSSR count). The van der Waals surface area contributed by atoms with E-state index in [4.69, 9.17) is 4.74 Å². The van der Waals surface area contributed by atoms with E-state index in [1.807, 2.05) is 18.2 Å². The fourth-order valence-corrected chi connectivity index (χ4v) is 3.56. The van der Waals surface area contributed by atoms with E-state index < -0.39 is 30.1 Å². The van der Waals surface area contributed by atoms with Gasteiger partial charge in [0, 0.05) is 16.9 Å². The molecule has 0 bridgehead atoms. The summed E-state index contributed by atoms with van der Waals surface area (Å²) in [4.78, 5) is 28.4. The first-order valence-electron chi connectivity index (χ1n) is 10.9. The van der Waals surface area contributed by atoms with Gasteiger partial charge in [-0.15, -0.1) is 0 Å². The average Bonchev–Trinajstić information content (AvgIpc) is 3.31. The molecule has 9 heteroatoms. The van der Waals surface area contributed by atoms with Crippen LogP contribution in [-0.2, 0) is 9.53 Å². The largest absolute Gasteiger partial charge is 0.432 e. The van der Waals surface area contributed by atoms with Gasteiger partial charge in [0.2, 0.25) is 0 Å². The van der Waals surface area contributed by atoms with Crippen molar-refractivity contribution >= 4 is 28.9 Å². The molecule has 180 valence electrons. The van der Waals surface area contributed by atoms with Crippen LogP contribution < -0.4 is 10.6 Å². The normalized spacial score (nSPS) is 17.5. The highest BCUT2D eigenvalue weighted by atomic mass is 19.4. The molecule has 3 aromatic carbocycles. The number of nitrogens with zero attached hydrogens (tertiary/aromatic N) is 1. The number of hydrogen-bond acceptors (Lipinski definition) is 4. The molecule has 6 nitrogen and oxygen atoms in total. The highest BCUT2D eigenvalue weighted by Crippen LogP contribution is 2.29. The van der Waals surface area contributed by atoms with Crippen molar-refractivity contribution in [2.24, 2.45) is 4.99 Å². The maximum Gasteiger partial charge on any atom is 0.432 e. The number of para-hydroxylation sites is 1. The van der Waals surface area contributed by atoms with Crippen LogP contribution >= 0.6 is 0 Å². The highest BCUT2D eigenvalue weighted by molar-refractivity contribution is 6.14. The number of alkyl halides is 3. The van der Waals surface area contributed by atoms with Crippen LogP contribution in [0.25, 0.3) is 11.1 Å². The van der Waals surface area contributed by atoms with Gasteiger partial charge in [-0.2, -0.15) is 13.2 Å². The Morgan fingerprint density at radius 2 is 1.43 bits per heavy atom. The lowest BCUT2D eigenvalue weighted by atomic mass is 10.0. The lowest BCUT2D eigenvalue weighted by Gasteiger charge is -2.16. The second-order valence-corrected chi connectivity index (χ2v) is 7.86. The summed E-state index contributed by atoms with van der Waals surface area (Å²) < 4.78 is 44.9. The van der Waals surface area contributed by atoms with Gasteiger partial charge in [-0.05, 0) is 53.9 Å². The van der Waals surface area contributed by atoms with Crippen LogP contribution in [0.2, 0.25) is 0 Å². The van der Waals surface area contributed by atoms with Crippen molar-refractivity contribution in [1.82, 2.24) is 0 Å². The van der Waals surface area contributed by atoms with E-state index in [0.717, 1.165) is 11.1 Å². The Labute approximate surface area is 199 Å². The zero-order valence-electron chi connectivity index (χ0n) is 18.7. The Hall–Kier alpha value is -3.98. The van der Waals surface area contributed by atoms with Gasteiger partial charge in [0.1, 0.15) is 6.23 Å². The number of ether oxygens (including phenoxy) is 1. The third-order valence-corrected chi connectivity index (χ3v) is 5.37. The minimum atomic E-state index is -4.75. The maximum absolute atomic E-state index is 13.2. The fraction of sp³-hybridized carbons (Fsp3) is 0.192. The first kappa shape index (κ1) is 24.2. The van der Waals surface area contributed by atoms with Crippen molar-refractivity contribution < 1.29 is 27.5 Å². The number of nitrogens with one attached hydrogen (secondary N) is 2. The van der Waals surface area contributed by atoms with E-state index in [0.29, 0.717) is 16.9 Å². The molecule has 1 heterocycles. The zero-order valence-corrected chi connectivity index (χ0v) is 18.7. The van der Waals surface area contributed by atoms with Crippen molar-refractivity contribution in [2.45, 2.75) is 31.9 Å². The highest BCUT2D eigenvalue weighted by Gasteiger charge is 2.49. The van der Waals surface area contributed by atoms with E-state index in [-0.39, 0.29) is 12.3 Å². The quantitative estimate of drug-likeness (QED) is 0.475. The number of benzene rings is 3. The minimum Gasteiger partial charge on any atom is -0.337 e. The summed E-state index contributed by atoms with van der Waals surface area (Å²) in [6, 6.07) is 22.7. The molecule has 2 amide bonds. The van der Waals surface area contributed by atoms with Gasteiger partial charge in [-0.25, -0.2) is 0 Å². The number of amides is 2. The summed E-state index contributed by atoms with van der Waals surface area (Å²) in [6.45, 7) is 1.63. The van der Waals surface area contributed by atoms with Crippen LogP contribution in [0.15, 0.2) is 83.9 Å². The Morgan fingerprint density at radius 3 is 2.00 bits per heavy atom. The van der Waals surface area contributed by atoms with Crippen molar-refractivity contribution in [1.29, 1.82) is 0 Å². The Morgan fingerprint density at radius 1 is 0.857 bits per heavy atom. The smallest absolute Gasteiger partial charge is 0.337 e. The summed E-state index contributed by atoms with van der Waals surface area (Å²) in [7, 11) is 0. The number of halogens is 3. The van der Waals surface area contributed by atoms with Gasteiger partial charge in [-0.1, -0.05) is 49.4 Å². The Bertz CT molecular complexity index is 1220. The van der Waals surface area contributed by atoms with Crippen molar-refractivity contribution in [3.05, 3.63) is 84.4 Å². The van der Waals surface area contributed by atoms with Crippen LogP contribution in [0.4, 0.5) is 24.5 Å². The molecule has 0 saturated carbocycles. The number of carbonyl (C=O) groups excluding carboxylic acids is 2. The second kappa shape index (κ2) is 10.1. The van der Waals surface area contributed by atoms with Crippen molar-refractivity contribution in [3.8, 4) is 11.1 Å². The van der Waals surface area contributed by atoms with Crippen LogP contribution in [-0.4, -0.2) is 36.0 Å². The Balaban J connectivity index is 1.40. The van der Waals surface area contributed by atoms with Gasteiger partial charge >= 0.3 is 6.18 Å². The lowest BCUT2D eigenvalue weighted by Crippen LogP contribution is -2.41. The molecular formula is C26H22F3N3O3. The molecule has 3 aromatic rings. The minimum absolute atomic E-state index is 0.227. The molecular weight excluding hydrogens is 459 g/mol. The summed E-state index contributed by atoms with van der Waals surface area (Å²) in [5, 5.41) is 5.28. The van der Waals surface area contributed by atoms with E-state index in [9.17, 15) is 22.8 Å². The number of aliphatic imine (C=N–C) groups is 1. The maximum atomic E-state index is 13.2. The summed E-state index contributed by atoms with van der Waals surface area (Å²) in [5.41, 5.74) is 1.92. The van der Waals surface area contributed by atoms with E-state index in [2.05, 4.69) is 15.6 Å². The summed E-state index contributed by atoms with van der Waals surface area (Å²) >= 11 is 0. The van der Waals surface area contributed by atoms with Crippen molar-refractivity contribution in [2.75, 3.05) is 10.6 Å². The average molecular weight is 481 g/mol. The third kappa shape index (κ3) is 5.75. The van der Waals surface area contributed by atoms with E-state index >= 15 is 0 Å².